The van der Waals surface area contributed by atoms with Crippen molar-refractivity contribution in [3.63, 3.8) is 0 Å². The second-order valence-electron chi connectivity index (χ2n) is 5.92. The molecule has 0 aromatic heterocycles. The molecule has 144 valence electrons. The third-order valence-electron chi connectivity index (χ3n) is 3.83. The number of hydrogen-bond acceptors (Lipinski definition) is 6. The van der Waals surface area contributed by atoms with Crippen molar-refractivity contribution in [2.24, 2.45) is 0 Å². The fourth-order valence-electron chi connectivity index (χ4n) is 2.16. The largest absolute Gasteiger partial charge is 0.497 e. The third-order valence-corrected chi connectivity index (χ3v) is 3.83. The molecule has 4 atom stereocenters. The summed E-state index contributed by atoms with van der Waals surface area (Å²) >= 11 is 0. The molecule has 0 aliphatic heterocycles. The molecule has 0 saturated carbocycles. The molecule has 0 aliphatic carbocycles. The van der Waals surface area contributed by atoms with Crippen LogP contribution >= 0.6 is 0 Å². The highest BCUT2D eigenvalue weighted by molar-refractivity contribution is 5.29. The van der Waals surface area contributed by atoms with Gasteiger partial charge in [-0.3, -0.25) is 0 Å². The number of benzene rings is 2. The standard InChI is InChI=1S/2C10H14O3/c2*1-7(11)10(12)8-3-5-9(13-2)6-4-8/h2*3-7,10-12H,1-2H3/t2*7-,10-/m10/s1. The van der Waals surface area contributed by atoms with Crippen LogP contribution in [0.4, 0.5) is 0 Å². The van der Waals surface area contributed by atoms with Gasteiger partial charge in [0.05, 0.1) is 26.4 Å². The summed E-state index contributed by atoms with van der Waals surface area (Å²) < 4.78 is 9.93. The first-order valence-electron chi connectivity index (χ1n) is 8.30. The SMILES string of the molecule is COc1ccc([C@@H](O)[C@H](C)O)cc1.COc1ccc([C@H](O)[C@@H](C)O)cc1. The Morgan fingerprint density at radius 1 is 0.577 bits per heavy atom. The van der Waals surface area contributed by atoms with Crippen LogP contribution in [0.3, 0.4) is 0 Å². The van der Waals surface area contributed by atoms with Gasteiger partial charge in [-0.05, 0) is 49.2 Å². The molecule has 6 heteroatoms. The second kappa shape index (κ2) is 10.8. The molecule has 2 rings (SSSR count). The van der Waals surface area contributed by atoms with Crippen molar-refractivity contribution in [3.05, 3.63) is 59.7 Å². The minimum atomic E-state index is -0.828. The van der Waals surface area contributed by atoms with Gasteiger partial charge < -0.3 is 29.9 Å². The first-order chi connectivity index (χ1) is 12.3. The zero-order valence-corrected chi connectivity index (χ0v) is 15.5. The van der Waals surface area contributed by atoms with E-state index in [0.29, 0.717) is 11.1 Å². The van der Waals surface area contributed by atoms with Gasteiger partial charge in [0.1, 0.15) is 23.7 Å². The van der Waals surface area contributed by atoms with Gasteiger partial charge in [-0.15, -0.1) is 0 Å². The minimum absolute atomic E-state index is 0.691. The van der Waals surface area contributed by atoms with Crippen LogP contribution in [-0.4, -0.2) is 46.9 Å². The molecule has 26 heavy (non-hydrogen) atoms. The summed E-state index contributed by atoms with van der Waals surface area (Å²) in [5.41, 5.74) is 1.38. The van der Waals surface area contributed by atoms with Crippen molar-refractivity contribution in [1.82, 2.24) is 0 Å². The summed E-state index contributed by atoms with van der Waals surface area (Å²) in [5.74, 6) is 1.48. The quantitative estimate of drug-likeness (QED) is 0.627. The second-order valence-corrected chi connectivity index (χ2v) is 5.92. The molecule has 2 aromatic rings. The van der Waals surface area contributed by atoms with Crippen LogP contribution in [0.1, 0.15) is 37.2 Å². The van der Waals surface area contributed by atoms with Crippen LogP contribution < -0.4 is 9.47 Å². The zero-order valence-electron chi connectivity index (χ0n) is 15.5. The van der Waals surface area contributed by atoms with Gasteiger partial charge >= 0.3 is 0 Å². The summed E-state index contributed by atoms with van der Waals surface area (Å²) in [6.45, 7) is 3.10. The van der Waals surface area contributed by atoms with Crippen LogP contribution in [0.5, 0.6) is 11.5 Å². The van der Waals surface area contributed by atoms with Crippen LogP contribution in [0.15, 0.2) is 48.5 Å². The highest BCUT2D eigenvalue weighted by atomic mass is 16.5. The Morgan fingerprint density at radius 3 is 1.04 bits per heavy atom. The Kier molecular flexibility index (Phi) is 9.09. The number of methoxy groups -OCH3 is 2. The van der Waals surface area contributed by atoms with Crippen LogP contribution in [0, 0.1) is 0 Å². The van der Waals surface area contributed by atoms with E-state index in [2.05, 4.69) is 0 Å². The van der Waals surface area contributed by atoms with Gasteiger partial charge in [-0.1, -0.05) is 24.3 Å². The Balaban J connectivity index is 0.000000260. The maximum Gasteiger partial charge on any atom is 0.118 e. The third kappa shape index (κ3) is 6.65. The predicted molar refractivity (Wildman–Crippen MR) is 99.3 cm³/mol. The summed E-state index contributed by atoms with van der Waals surface area (Å²) in [6, 6.07) is 13.9. The van der Waals surface area contributed by atoms with E-state index in [1.54, 1.807) is 76.6 Å². The van der Waals surface area contributed by atoms with Crippen molar-refractivity contribution in [3.8, 4) is 11.5 Å². The van der Waals surface area contributed by atoms with Gasteiger partial charge in [-0.25, -0.2) is 0 Å². The molecule has 0 saturated heterocycles. The molecular formula is C20H28O6. The molecule has 0 bridgehead atoms. The van der Waals surface area contributed by atoms with E-state index in [1.807, 2.05) is 0 Å². The lowest BCUT2D eigenvalue weighted by molar-refractivity contribution is 0.0305. The minimum Gasteiger partial charge on any atom is -0.497 e. The van der Waals surface area contributed by atoms with E-state index in [-0.39, 0.29) is 0 Å². The van der Waals surface area contributed by atoms with E-state index in [4.69, 9.17) is 19.7 Å². The molecule has 0 unspecified atom stereocenters. The highest BCUT2D eigenvalue weighted by Gasteiger charge is 2.13. The summed E-state index contributed by atoms with van der Waals surface area (Å²) in [4.78, 5) is 0. The molecule has 2 aromatic carbocycles. The van der Waals surface area contributed by atoms with Gasteiger partial charge in [0, 0.05) is 0 Å². The zero-order chi connectivity index (χ0) is 19.7. The molecular weight excluding hydrogens is 336 g/mol. The van der Waals surface area contributed by atoms with Crippen LogP contribution in [0.25, 0.3) is 0 Å². The van der Waals surface area contributed by atoms with Crippen molar-refractivity contribution in [2.75, 3.05) is 14.2 Å². The molecule has 0 amide bonds. The Morgan fingerprint density at radius 2 is 0.846 bits per heavy atom. The molecule has 0 aliphatic rings. The lowest BCUT2D eigenvalue weighted by atomic mass is 10.1. The summed E-state index contributed by atoms with van der Waals surface area (Å²) in [6.07, 6.45) is -3.17. The fraction of sp³-hybridized carbons (Fsp3) is 0.400. The van der Waals surface area contributed by atoms with E-state index >= 15 is 0 Å². The summed E-state index contributed by atoms with van der Waals surface area (Å²) in [7, 11) is 3.17. The lowest BCUT2D eigenvalue weighted by Crippen LogP contribution is -2.13. The maximum absolute atomic E-state index is 9.47. The Labute approximate surface area is 154 Å². The topological polar surface area (TPSA) is 99.4 Å². The number of rotatable bonds is 6. The van der Waals surface area contributed by atoms with E-state index < -0.39 is 24.4 Å². The summed E-state index contributed by atoms with van der Waals surface area (Å²) in [5, 5.41) is 37.2. The average molecular weight is 364 g/mol. The van der Waals surface area contributed by atoms with Crippen molar-refractivity contribution in [2.45, 2.75) is 38.3 Å². The van der Waals surface area contributed by atoms with Crippen molar-refractivity contribution in [1.29, 1.82) is 0 Å². The Hall–Kier alpha value is -2.12. The molecule has 4 N–H and O–H groups in total. The maximum atomic E-state index is 9.47. The van der Waals surface area contributed by atoms with E-state index in [0.717, 1.165) is 11.5 Å². The first-order valence-corrected chi connectivity index (χ1v) is 8.30. The lowest BCUT2D eigenvalue weighted by Gasteiger charge is -2.13. The van der Waals surface area contributed by atoms with Crippen molar-refractivity contribution < 1.29 is 29.9 Å². The molecule has 0 spiro atoms. The van der Waals surface area contributed by atoms with E-state index in [9.17, 15) is 10.2 Å². The van der Waals surface area contributed by atoms with E-state index in [1.165, 1.54) is 0 Å². The monoisotopic (exact) mass is 364 g/mol. The van der Waals surface area contributed by atoms with Gasteiger partial charge in [0.2, 0.25) is 0 Å². The van der Waals surface area contributed by atoms with Crippen LogP contribution in [0.2, 0.25) is 0 Å². The fourth-order valence-corrected chi connectivity index (χ4v) is 2.16. The number of hydrogen-bond donors (Lipinski definition) is 4. The number of aliphatic hydroxyl groups excluding tert-OH is 4. The van der Waals surface area contributed by atoms with Crippen LogP contribution in [-0.2, 0) is 0 Å². The molecule has 0 heterocycles. The highest BCUT2D eigenvalue weighted by Crippen LogP contribution is 2.20. The van der Waals surface area contributed by atoms with Gasteiger partial charge in [0.15, 0.2) is 0 Å². The number of ether oxygens (including phenoxy) is 2. The van der Waals surface area contributed by atoms with Gasteiger partial charge in [0.25, 0.3) is 0 Å². The predicted octanol–water partition coefficient (Wildman–Crippen LogP) is 2.22. The molecule has 0 radical (unpaired) electrons. The van der Waals surface area contributed by atoms with Crippen molar-refractivity contribution >= 4 is 0 Å². The first kappa shape index (κ1) is 21.9. The molecule has 6 nitrogen and oxygen atoms in total. The smallest absolute Gasteiger partial charge is 0.118 e. The Bertz CT molecular complexity index is 564. The molecule has 0 fully saturated rings. The van der Waals surface area contributed by atoms with Gasteiger partial charge in [-0.2, -0.15) is 0 Å². The average Bonchev–Trinajstić information content (AvgIpc) is 2.67. The normalized spacial score (nSPS) is 15.1. The number of aliphatic hydroxyl groups is 4.